The number of nitrogens with zero attached hydrogens (tertiary/aromatic N) is 2. The fourth-order valence-corrected chi connectivity index (χ4v) is 2.56. The summed E-state index contributed by atoms with van der Waals surface area (Å²) in [5, 5.41) is 3.96. The van der Waals surface area contributed by atoms with Crippen LogP contribution in [0.2, 0.25) is 0 Å². The van der Waals surface area contributed by atoms with Gasteiger partial charge in [0.15, 0.2) is 0 Å². The molecule has 0 saturated carbocycles. The summed E-state index contributed by atoms with van der Waals surface area (Å²) in [5.41, 5.74) is 8.07. The molecule has 6 nitrogen and oxygen atoms in total. The van der Waals surface area contributed by atoms with Crippen LogP contribution in [0.1, 0.15) is 0 Å². The third kappa shape index (κ3) is 3.00. The number of pyridine rings is 1. The zero-order valence-electron chi connectivity index (χ0n) is 11.5. The second-order valence-corrected chi connectivity index (χ2v) is 6.93. The summed E-state index contributed by atoms with van der Waals surface area (Å²) in [6.07, 6.45) is 1.68. The average Bonchev–Trinajstić information content (AvgIpc) is 2.41. The Balaban J connectivity index is 2.17. The van der Waals surface area contributed by atoms with Gasteiger partial charge >= 0.3 is 0 Å². The monoisotopic (exact) mass is 294 g/mol. The molecule has 0 fully saturated rings. The molecule has 2 aromatic rings. The number of anilines is 2. The van der Waals surface area contributed by atoms with Crippen LogP contribution in [-0.4, -0.2) is 44.1 Å². The standard InChI is InChI=1S/C13H18N4O2S/c1-17(2)20(18,19)9-8-15-12-6-5-11(14)10-4-3-7-16-13(10)12/h3-7,15H,8-9,14H2,1-2H3. The molecule has 2 rings (SSSR count). The van der Waals surface area contributed by atoms with Crippen molar-refractivity contribution < 1.29 is 8.42 Å². The van der Waals surface area contributed by atoms with Crippen LogP contribution in [0.4, 0.5) is 11.4 Å². The van der Waals surface area contributed by atoms with Gasteiger partial charge in [0.05, 0.1) is 17.0 Å². The van der Waals surface area contributed by atoms with Crippen LogP contribution in [0.25, 0.3) is 10.9 Å². The van der Waals surface area contributed by atoms with Crippen molar-refractivity contribution in [2.45, 2.75) is 0 Å². The molecule has 20 heavy (non-hydrogen) atoms. The van der Waals surface area contributed by atoms with E-state index >= 15 is 0 Å². The van der Waals surface area contributed by atoms with E-state index < -0.39 is 10.0 Å². The number of hydrogen-bond donors (Lipinski definition) is 2. The number of hydrogen-bond acceptors (Lipinski definition) is 5. The van der Waals surface area contributed by atoms with Crippen LogP contribution in [-0.2, 0) is 10.0 Å². The molecule has 0 amide bonds. The van der Waals surface area contributed by atoms with Crippen molar-refractivity contribution in [1.29, 1.82) is 0 Å². The number of nitrogens with two attached hydrogens (primary N) is 1. The highest BCUT2D eigenvalue weighted by Crippen LogP contribution is 2.25. The van der Waals surface area contributed by atoms with Gasteiger partial charge in [-0.1, -0.05) is 0 Å². The minimum absolute atomic E-state index is 0.0265. The molecule has 0 spiro atoms. The number of rotatable bonds is 5. The maximum Gasteiger partial charge on any atom is 0.215 e. The molecule has 0 unspecified atom stereocenters. The van der Waals surface area contributed by atoms with E-state index in [1.54, 1.807) is 12.3 Å². The lowest BCUT2D eigenvalue weighted by molar-refractivity contribution is 0.521. The predicted molar refractivity (Wildman–Crippen MR) is 82.1 cm³/mol. The van der Waals surface area contributed by atoms with Crippen LogP contribution in [0.15, 0.2) is 30.5 Å². The van der Waals surface area contributed by atoms with Gasteiger partial charge in [-0.05, 0) is 24.3 Å². The Morgan fingerprint density at radius 1 is 1.30 bits per heavy atom. The van der Waals surface area contributed by atoms with E-state index in [9.17, 15) is 8.42 Å². The maximum absolute atomic E-state index is 11.7. The van der Waals surface area contributed by atoms with Gasteiger partial charge in [-0.2, -0.15) is 0 Å². The molecule has 1 heterocycles. The molecule has 0 radical (unpaired) electrons. The van der Waals surface area contributed by atoms with Gasteiger partial charge in [-0.25, -0.2) is 12.7 Å². The second kappa shape index (κ2) is 5.64. The first-order valence-electron chi connectivity index (χ1n) is 6.19. The van der Waals surface area contributed by atoms with Gasteiger partial charge in [0.1, 0.15) is 0 Å². The van der Waals surface area contributed by atoms with Gasteiger partial charge in [-0.15, -0.1) is 0 Å². The zero-order chi connectivity index (χ0) is 14.8. The molecular formula is C13H18N4O2S. The molecule has 0 atom stereocenters. The Hall–Kier alpha value is -1.86. The first kappa shape index (κ1) is 14.5. The third-order valence-electron chi connectivity index (χ3n) is 3.04. The zero-order valence-corrected chi connectivity index (χ0v) is 12.3. The van der Waals surface area contributed by atoms with Gasteiger partial charge in [0.2, 0.25) is 10.0 Å². The third-order valence-corrected chi connectivity index (χ3v) is 4.87. The lowest BCUT2D eigenvalue weighted by Gasteiger charge is -2.13. The highest BCUT2D eigenvalue weighted by molar-refractivity contribution is 7.89. The SMILES string of the molecule is CN(C)S(=O)(=O)CCNc1ccc(N)c2cccnc12. The van der Waals surface area contributed by atoms with E-state index in [1.165, 1.54) is 18.4 Å². The summed E-state index contributed by atoms with van der Waals surface area (Å²) in [4.78, 5) is 4.29. The fraction of sp³-hybridized carbons (Fsp3) is 0.308. The Kier molecular flexibility index (Phi) is 4.10. The molecule has 0 bridgehead atoms. The number of aromatic nitrogens is 1. The predicted octanol–water partition coefficient (Wildman–Crippen LogP) is 1.12. The quantitative estimate of drug-likeness (QED) is 0.807. The molecule has 7 heteroatoms. The molecule has 1 aromatic heterocycles. The Labute approximate surface area is 118 Å². The summed E-state index contributed by atoms with van der Waals surface area (Å²) in [7, 11) is -0.157. The summed E-state index contributed by atoms with van der Waals surface area (Å²) in [6.45, 7) is 0.316. The topological polar surface area (TPSA) is 88.3 Å². The van der Waals surface area contributed by atoms with Crippen LogP contribution < -0.4 is 11.1 Å². The normalized spacial score (nSPS) is 11.9. The minimum Gasteiger partial charge on any atom is -0.398 e. The average molecular weight is 294 g/mol. The molecule has 0 aliphatic rings. The first-order valence-corrected chi connectivity index (χ1v) is 7.80. The smallest absolute Gasteiger partial charge is 0.215 e. The number of benzene rings is 1. The van der Waals surface area contributed by atoms with Gasteiger partial charge in [0.25, 0.3) is 0 Å². The lowest BCUT2D eigenvalue weighted by atomic mass is 10.1. The van der Waals surface area contributed by atoms with E-state index in [2.05, 4.69) is 10.3 Å². The van der Waals surface area contributed by atoms with Crippen LogP contribution >= 0.6 is 0 Å². The van der Waals surface area contributed by atoms with E-state index in [0.717, 1.165) is 16.6 Å². The fourth-order valence-electron chi connectivity index (χ4n) is 1.83. The van der Waals surface area contributed by atoms with E-state index in [4.69, 9.17) is 5.73 Å². The molecule has 1 aromatic carbocycles. The van der Waals surface area contributed by atoms with Gasteiger partial charge in [-0.3, -0.25) is 4.98 Å². The summed E-state index contributed by atoms with van der Waals surface area (Å²) in [5.74, 6) is 0.0265. The van der Waals surface area contributed by atoms with Crippen molar-refractivity contribution in [3.05, 3.63) is 30.5 Å². The highest BCUT2D eigenvalue weighted by atomic mass is 32.2. The van der Waals surface area contributed by atoms with Crippen LogP contribution in [0.3, 0.4) is 0 Å². The van der Waals surface area contributed by atoms with Crippen molar-refractivity contribution in [3.8, 4) is 0 Å². The van der Waals surface area contributed by atoms with Crippen molar-refractivity contribution in [3.63, 3.8) is 0 Å². The van der Waals surface area contributed by atoms with Crippen LogP contribution in [0, 0.1) is 0 Å². The summed E-state index contributed by atoms with van der Waals surface area (Å²) < 4.78 is 24.6. The molecule has 0 aliphatic heterocycles. The molecular weight excluding hydrogens is 276 g/mol. The maximum atomic E-state index is 11.7. The Morgan fingerprint density at radius 2 is 2.05 bits per heavy atom. The highest BCUT2D eigenvalue weighted by Gasteiger charge is 2.13. The molecule has 0 saturated heterocycles. The number of fused-ring (bicyclic) bond motifs is 1. The van der Waals surface area contributed by atoms with E-state index in [-0.39, 0.29) is 5.75 Å². The van der Waals surface area contributed by atoms with E-state index in [0.29, 0.717) is 12.2 Å². The molecule has 3 N–H and O–H groups in total. The van der Waals surface area contributed by atoms with E-state index in [1.807, 2.05) is 18.2 Å². The van der Waals surface area contributed by atoms with Crippen molar-refractivity contribution >= 4 is 32.3 Å². The van der Waals surface area contributed by atoms with Gasteiger partial charge < -0.3 is 11.1 Å². The summed E-state index contributed by atoms with van der Waals surface area (Å²) >= 11 is 0. The molecule has 108 valence electrons. The number of nitrogen functional groups attached to an aromatic ring is 1. The van der Waals surface area contributed by atoms with Gasteiger partial charge in [0, 0.05) is 37.9 Å². The summed E-state index contributed by atoms with van der Waals surface area (Å²) in [6, 6.07) is 7.30. The largest absolute Gasteiger partial charge is 0.398 e. The molecule has 0 aliphatic carbocycles. The van der Waals surface area contributed by atoms with Crippen molar-refractivity contribution in [2.24, 2.45) is 0 Å². The Morgan fingerprint density at radius 3 is 2.75 bits per heavy atom. The first-order chi connectivity index (χ1) is 9.42. The van der Waals surface area contributed by atoms with Crippen LogP contribution in [0.5, 0.6) is 0 Å². The van der Waals surface area contributed by atoms with Crippen molar-refractivity contribution in [2.75, 3.05) is 37.4 Å². The number of nitrogens with one attached hydrogen (secondary N) is 1. The second-order valence-electron chi connectivity index (χ2n) is 4.63. The minimum atomic E-state index is -3.20. The number of sulfonamides is 1. The van der Waals surface area contributed by atoms with Crippen molar-refractivity contribution in [1.82, 2.24) is 9.29 Å². The Bertz CT molecular complexity index is 713. The lowest BCUT2D eigenvalue weighted by Crippen LogP contribution is -2.28.